The molecule has 2 heteroatoms. The first-order chi connectivity index (χ1) is 8.93. The summed E-state index contributed by atoms with van der Waals surface area (Å²) in [6, 6.07) is 3.91. The zero-order chi connectivity index (χ0) is 14.5. The van der Waals surface area contributed by atoms with Crippen molar-refractivity contribution in [2.24, 2.45) is 5.41 Å². The van der Waals surface area contributed by atoms with Crippen molar-refractivity contribution in [1.29, 1.82) is 0 Å². The van der Waals surface area contributed by atoms with E-state index < -0.39 is 5.41 Å². The zero-order valence-electron chi connectivity index (χ0n) is 11.8. The minimum atomic E-state index is -0.395. The van der Waals surface area contributed by atoms with Crippen LogP contribution in [0.4, 0.5) is 0 Å². The standard InChI is InChI=1S/C17H22O2/c1-5-7-14-9-13(11-17(3,4)12-18)10-15(8-6-2)16(14)19/h5-6,9-10,12,19H,1-2,7-8,11H2,3-4H3. The van der Waals surface area contributed by atoms with Crippen LogP contribution in [0.1, 0.15) is 30.5 Å². The number of aromatic hydroxyl groups is 1. The fourth-order valence-corrected chi connectivity index (χ4v) is 2.12. The van der Waals surface area contributed by atoms with Crippen molar-refractivity contribution in [1.82, 2.24) is 0 Å². The van der Waals surface area contributed by atoms with Crippen molar-refractivity contribution < 1.29 is 9.90 Å². The van der Waals surface area contributed by atoms with E-state index in [1.807, 2.05) is 26.0 Å². The largest absolute Gasteiger partial charge is 0.507 e. The van der Waals surface area contributed by atoms with Crippen LogP contribution in [0.2, 0.25) is 0 Å². The van der Waals surface area contributed by atoms with Gasteiger partial charge in [-0.05, 0) is 36.0 Å². The Balaban J connectivity index is 3.21. The molecule has 1 rings (SSSR count). The van der Waals surface area contributed by atoms with Crippen LogP contribution in [0.25, 0.3) is 0 Å². The van der Waals surface area contributed by atoms with Gasteiger partial charge < -0.3 is 9.90 Å². The fraction of sp³-hybridized carbons (Fsp3) is 0.353. The monoisotopic (exact) mass is 258 g/mol. The number of allylic oxidation sites excluding steroid dienone is 2. The average Bonchev–Trinajstić information content (AvgIpc) is 2.35. The average molecular weight is 258 g/mol. The van der Waals surface area contributed by atoms with Crippen molar-refractivity contribution in [3.05, 3.63) is 54.1 Å². The van der Waals surface area contributed by atoms with Crippen LogP contribution in [-0.4, -0.2) is 11.4 Å². The lowest BCUT2D eigenvalue weighted by molar-refractivity contribution is -0.114. The van der Waals surface area contributed by atoms with E-state index in [-0.39, 0.29) is 0 Å². The molecular weight excluding hydrogens is 236 g/mol. The Hall–Kier alpha value is -1.83. The van der Waals surface area contributed by atoms with Crippen LogP contribution in [0, 0.1) is 5.41 Å². The molecule has 0 fully saturated rings. The van der Waals surface area contributed by atoms with Crippen LogP contribution in [0.5, 0.6) is 5.75 Å². The van der Waals surface area contributed by atoms with Gasteiger partial charge in [-0.3, -0.25) is 0 Å². The topological polar surface area (TPSA) is 37.3 Å². The molecular formula is C17H22O2. The molecule has 0 aliphatic carbocycles. The fourth-order valence-electron chi connectivity index (χ4n) is 2.12. The summed E-state index contributed by atoms with van der Waals surface area (Å²) in [5.41, 5.74) is 2.37. The highest BCUT2D eigenvalue weighted by Gasteiger charge is 2.19. The number of aldehydes is 1. The number of carbonyl (C=O) groups is 1. The van der Waals surface area contributed by atoms with E-state index in [0.717, 1.165) is 23.0 Å². The Kier molecular flexibility index (Phi) is 5.11. The smallest absolute Gasteiger partial charge is 0.125 e. The maximum Gasteiger partial charge on any atom is 0.125 e. The third kappa shape index (κ3) is 4.09. The Bertz CT molecular complexity index is 453. The molecule has 0 saturated heterocycles. The van der Waals surface area contributed by atoms with Crippen molar-refractivity contribution in [2.75, 3.05) is 0 Å². The Morgan fingerprint density at radius 1 is 1.16 bits per heavy atom. The molecule has 0 aromatic heterocycles. The van der Waals surface area contributed by atoms with Gasteiger partial charge in [-0.1, -0.05) is 38.1 Å². The van der Waals surface area contributed by atoms with Gasteiger partial charge in [0.25, 0.3) is 0 Å². The van der Waals surface area contributed by atoms with Gasteiger partial charge in [-0.15, -0.1) is 13.2 Å². The van der Waals surface area contributed by atoms with Crippen LogP contribution < -0.4 is 0 Å². The maximum absolute atomic E-state index is 11.0. The first-order valence-electron chi connectivity index (χ1n) is 6.45. The summed E-state index contributed by atoms with van der Waals surface area (Å²) in [4.78, 5) is 11.0. The molecule has 0 aliphatic rings. The number of benzene rings is 1. The van der Waals surface area contributed by atoms with Gasteiger partial charge in [0, 0.05) is 5.41 Å². The molecule has 0 aliphatic heterocycles. The van der Waals surface area contributed by atoms with Crippen molar-refractivity contribution in [3.8, 4) is 5.75 Å². The summed E-state index contributed by atoms with van der Waals surface area (Å²) in [6.07, 6.45) is 6.39. The summed E-state index contributed by atoms with van der Waals surface area (Å²) in [6.45, 7) is 11.2. The van der Waals surface area contributed by atoms with E-state index in [9.17, 15) is 9.90 Å². The van der Waals surface area contributed by atoms with Crippen molar-refractivity contribution in [3.63, 3.8) is 0 Å². The van der Waals surface area contributed by atoms with E-state index in [2.05, 4.69) is 13.2 Å². The van der Waals surface area contributed by atoms with Gasteiger partial charge in [-0.2, -0.15) is 0 Å². The van der Waals surface area contributed by atoms with E-state index in [4.69, 9.17) is 0 Å². The predicted octanol–water partition coefficient (Wildman–Crippen LogP) is 3.62. The first kappa shape index (κ1) is 15.2. The summed E-state index contributed by atoms with van der Waals surface area (Å²) < 4.78 is 0. The lowest BCUT2D eigenvalue weighted by atomic mass is 9.85. The number of rotatable bonds is 7. The number of phenolic OH excluding ortho intramolecular Hbond substituents is 1. The SMILES string of the molecule is C=CCc1cc(CC(C)(C)C=O)cc(CC=C)c1O. The molecule has 0 saturated carbocycles. The van der Waals surface area contributed by atoms with Gasteiger partial charge in [0.15, 0.2) is 0 Å². The quantitative estimate of drug-likeness (QED) is 0.599. The molecule has 0 unspecified atom stereocenters. The zero-order valence-corrected chi connectivity index (χ0v) is 11.8. The Morgan fingerprint density at radius 3 is 2.00 bits per heavy atom. The van der Waals surface area contributed by atoms with Crippen molar-refractivity contribution >= 4 is 6.29 Å². The molecule has 0 atom stereocenters. The minimum absolute atomic E-state index is 0.312. The molecule has 2 nitrogen and oxygen atoms in total. The summed E-state index contributed by atoms with van der Waals surface area (Å²) >= 11 is 0. The maximum atomic E-state index is 11.0. The minimum Gasteiger partial charge on any atom is -0.507 e. The lowest BCUT2D eigenvalue weighted by Gasteiger charge is -2.19. The van der Waals surface area contributed by atoms with Crippen LogP contribution in [-0.2, 0) is 24.1 Å². The highest BCUT2D eigenvalue weighted by molar-refractivity contribution is 5.59. The number of hydrogen-bond donors (Lipinski definition) is 1. The first-order valence-corrected chi connectivity index (χ1v) is 6.45. The van der Waals surface area contributed by atoms with Crippen LogP contribution in [0.3, 0.4) is 0 Å². The van der Waals surface area contributed by atoms with E-state index in [0.29, 0.717) is 25.0 Å². The number of phenols is 1. The van der Waals surface area contributed by atoms with Gasteiger partial charge in [0.05, 0.1) is 0 Å². The van der Waals surface area contributed by atoms with Crippen LogP contribution >= 0.6 is 0 Å². The lowest BCUT2D eigenvalue weighted by Crippen LogP contribution is -2.16. The Morgan fingerprint density at radius 2 is 1.63 bits per heavy atom. The molecule has 0 amide bonds. The molecule has 102 valence electrons. The highest BCUT2D eigenvalue weighted by atomic mass is 16.3. The summed E-state index contributed by atoms with van der Waals surface area (Å²) in [7, 11) is 0. The second kappa shape index (κ2) is 6.37. The molecule has 1 N–H and O–H groups in total. The van der Waals surface area contributed by atoms with Gasteiger partial charge in [-0.25, -0.2) is 0 Å². The second-order valence-electron chi connectivity index (χ2n) is 5.53. The highest BCUT2D eigenvalue weighted by Crippen LogP contribution is 2.29. The molecule has 0 heterocycles. The normalized spacial score (nSPS) is 11.1. The Labute approximate surface area is 115 Å². The predicted molar refractivity (Wildman–Crippen MR) is 79.5 cm³/mol. The summed E-state index contributed by atoms with van der Waals surface area (Å²) in [5, 5.41) is 10.2. The third-order valence-corrected chi connectivity index (χ3v) is 3.03. The molecule has 1 aromatic rings. The molecule has 0 spiro atoms. The number of hydrogen-bond acceptors (Lipinski definition) is 2. The van der Waals surface area contributed by atoms with E-state index in [1.165, 1.54) is 0 Å². The van der Waals surface area contributed by atoms with Crippen molar-refractivity contribution in [2.45, 2.75) is 33.1 Å². The van der Waals surface area contributed by atoms with E-state index in [1.54, 1.807) is 12.2 Å². The number of carbonyl (C=O) groups excluding carboxylic acids is 1. The van der Waals surface area contributed by atoms with Crippen LogP contribution in [0.15, 0.2) is 37.4 Å². The second-order valence-corrected chi connectivity index (χ2v) is 5.53. The molecule has 19 heavy (non-hydrogen) atoms. The van der Waals surface area contributed by atoms with Gasteiger partial charge in [0.2, 0.25) is 0 Å². The molecule has 1 aromatic carbocycles. The van der Waals surface area contributed by atoms with E-state index >= 15 is 0 Å². The molecule has 0 radical (unpaired) electrons. The molecule has 0 bridgehead atoms. The third-order valence-electron chi connectivity index (χ3n) is 3.03. The summed E-state index contributed by atoms with van der Waals surface area (Å²) in [5.74, 6) is 0.312. The van der Waals surface area contributed by atoms with Gasteiger partial charge >= 0.3 is 0 Å². The van der Waals surface area contributed by atoms with Gasteiger partial charge in [0.1, 0.15) is 12.0 Å².